The minimum absolute atomic E-state index is 0.0658. The van der Waals surface area contributed by atoms with Gasteiger partial charge < -0.3 is 15.3 Å². The number of alkyl halides is 6. The van der Waals surface area contributed by atoms with E-state index < -0.39 is 41.8 Å². The van der Waals surface area contributed by atoms with Gasteiger partial charge in [0, 0.05) is 25.0 Å². The Balaban J connectivity index is 0.00000195. The number of benzene rings is 2. The maximum absolute atomic E-state index is 13.0. The Labute approximate surface area is 218 Å². The molecule has 10 heteroatoms. The fraction of sp³-hybridized carbons (Fsp3) is 0.464. The van der Waals surface area contributed by atoms with E-state index in [1.54, 1.807) is 6.92 Å². The van der Waals surface area contributed by atoms with Crippen LogP contribution < -0.4 is 5.32 Å². The number of allylic oxidation sites excluding steroid dienone is 1. The Hall–Kier alpha value is -2.85. The lowest BCUT2D eigenvalue weighted by atomic mass is 9.74. The molecule has 1 spiro atoms. The van der Waals surface area contributed by atoms with Gasteiger partial charge in [-0.3, -0.25) is 4.79 Å². The third-order valence-corrected chi connectivity index (χ3v) is 7.27. The summed E-state index contributed by atoms with van der Waals surface area (Å²) in [5.74, 6) is -0.831. The van der Waals surface area contributed by atoms with E-state index in [2.05, 4.69) is 40.6 Å². The number of hydrogen-bond donors (Lipinski definition) is 2. The molecule has 1 amide bonds. The number of carbonyl (C=O) groups excluding carboxylic acids is 1. The molecule has 1 saturated heterocycles. The molecular weight excluding hydrogens is 510 g/mol. The van der Waals surface area contributed by atoms with Crippen molar-refractivity contribution < 1.29 is 36.2 Å². The number of nitrogens with zero attached hydrogens (tertiary/aromatic N) is 1. The summed E-state index contributed by atoms with van der Waals surface area (Å²) >= 11 is 0. The van der Waals surface area contributed by atoms with Crippen molar-refractivity contribution in [3.8, 4) is 0 Å². The van der Waals surface area contributed by atoms with Crippen LogP contribution in [0.15, 0.2) is 48.5 Å². The van der Waals surface area contributed by atoms with Crippen LogP contribution in [0.4, 0.5) is 26.3 Å². The van der Waals surface area contributed by atoms with Crippen molar-refractivity contribution in [1.29, 1.82) is 0 Å². The number of rotatable bonds is 6. The summed E-state index contributed by atoms with van der Waals surface area (Å²) in [5, 5.41) is 9.49. The van der Waals surface area contributed by atoms with E-state index >= 15 is 0 Å². The summed E-state index contributed by atoms with van der Waals surface area (Å²) in [4.78, 5) is 14.8. The standard InChI is InChI=1S/C27H28F6N2O.CH4O/c1-18(7-11-35-12-9-25(10-13-35)8-6-20-4-2-3-5-23(20)25)24(36)34-17-19-14-21(26(28,29)30)16-22(15-19)27(31,32)33;1-2/h2-6,8,14-16,18H,7,9-13,17H2,1H3,(H,34,36);2H,1H3. The molecule has 1 fully saturated rings. The van der Waals surface area contributed by atoms with Crippen LogP contribution in [-0.2, 0) is 29.1 Å². The van der Waals surface area contributed by atoms with Crippen molar-refractivity contribution in [2.75, 3.05) is 26.7 Å². The first kappa shape index (κ1) is 29.7. The second-order valence-corrected chi connectivity index (χ2v) is 9.74. The second-order valence-electron chi connectivity index (χ2n) is 9.74. The normalized spacial score (nSPS) is 17.5. The van der Waals surface area contributed by atoms with Crippen LogP contribution in [0.2, 0.25) is 0 Å². The summed E-state index contributed by atoms with van der Waals surface area (Å²) in [6, 6.07) is 9.75. The smallest absolute Gasteiger partial charge is 0.400 e. The molecule has 2 N–H and O–H groups in total. The number of fused-ring (bicyclic) bond motifs is 2. The number of aliphatic hydroxyl groups excluding tert-OH is 1. The average Bonchev–Trinajstić information content (AvgIpc) is 3.24. The van der Waals surface area contributed by atoms with Crippen molar-refractivity contribution in [3.05, 3.63) is 76.4 Å². The van der Waals surface area contributed by atoms with Crippen molar-refractivity contribution in [1.82, 2.24) is 10.2 Å². The molecule has 2 aliphatic rings. The molecular formula is C28H32F6N2O2. The maximum Gasteiger partial charge on any atom is 0.416 e. The van der Waals surface area contributed by atoms with Gasteiger partial charge in [-0.25, -0.2) is 0 Å². The molecule has 2 aromatic carbocycles. The SMILES string of the molecule is CC(CCN1CCC2(C=Cc3ccccc32)CC1)C(=O)NCc1cc(C(F)(F)F)cc(C(F)(F)F)c1.CO. The van der Waals surface area contributed by atoms with Gasteiger partial charge in [-0.1, -0.05) is 43.3 Å². The lowest BCUT2D eigenvalue weighted by Gasteiger charge is -2.39. The van der Waals surface area contributed by atoms with Gasteiger partial charge in [-0.2, -0.15) is 26.3 Å². The third-order valence-electron chi connectivity index (χ3n) is 7.27. The Bertz CT molecular complexity index is 1100. The molecule has 1 aliphatic carbocycles. The van der Waals surface area contributed by atoms with Crippen LogP contribution in [0.25, 0.3) is 6.08 Å². The number of likely N-dealkylation sites (tertiary alicyclic amines) is 1. The first-order chi connectivity index (χ1) is 17.9. The highest BCUT2D eigenvalue weighted by Gasteiger charge is 2.38. The molecule has 1 atom stereocenters. The van der Waals surface area contributed by atoms with E-state index in [1.807, 2.05) is 6.07 Å². The largest absolute Gasteiger partial charge is 0.416 e. The molecule has 0 aromatic heterocycles. The van der Waals surface area contributed by atoms with Crippen LogP contribution >= 0.6 is 0 Å². The number of piperidine rings is 1. The molecule has 4 nitrogen and oxygen atoms in total. The van der Waals surface area contributed by atoms with Crippen molar-refractivity contribution in [3.63, 3.8) is 0 Å². The minimum atomic E-state index is -4.92. The summed E-state index contributed by atoms with van der Waals surface area (Å²) < 4.78 is 78.3. The molecule has 0 radical (unpaired) electrons. The number of nitrogens with one attached hydrogen (secondary N) is 1. The topological polar surface area (TPSA) is 52.6 Å². The van der Waals surface area contributed by atoms with E-state index in [0.717, 1.165) is 33.0 Å². The molecule has 38 heavy (non-hydrogen) atoms. The molecule has 0 bridgehead atoms. The van der Waals surface area contributed by atoms with E-state index in [4.69, 9.17) is 5.11 Å². The van der Waals surface area contributed by atoms with Crippen molar-refractivity contribution >= 4 is 12.0 Å². The summed E-state index contributed by atoms with van der Waals surface area (Å²) in [5.41, 5.74) is -0.338. The van der Waals surface area contributed by atoms with Gasteiger partial charge in [-0.05, 0) is 73.8 Å². The molecule has 1 aliphatic heterocycles. The van der Waals surface area contributed by atoms with Gasteiger partial charge in [0.15, 0.2) is 0 Å². The predicted molar refractivity (Wildman–Crippen MR) is 133 cm³/mol. The summed E-state index contributed by atoms with van der Waals surface area (Å²) in [6.45, 7) is 3.77. The van der Waals surface area contributed by atoms with E-state index in [0.29, 0.717) is 25.1 Å². The monoisotopic (exact) mass is 542 g/mol. The number of aliphatic hydroxyl groups is 1. The van der Waals surface area contributed by atoms with Crippen LogP contribution in [0, 0.1) is 5.92 Å². The zero-order chi connectivity index (χ0) is 28.1. The van der Waals surface area contributed by atoms with Gasteiger partial charge in [-0.15, -0.1) is 0 Å². The number of carbonyl (C=O) groups is 1. The predicted octanol–water partition coefficient (Wildman–Crippen LogP) is 6.04. The van der Waals surface area contributed by atoms with Gasteiger partial charge in [0.1, 0.15) is 0 Å². The molecule has 1 unspecified atom stereocenters. The zero-order valence-electron chi connectivity index (χ0n) is 21.3. The first-order valence-corrected chi connectivity index (χ1v) is 12.4. The van der Waals surface area contributed by atoms with E-state index in [1.165, 1.54) is 11.1 Å². The highest BCUT2D eigenvalue weighted by atomic mass is 19.4. The Morgan fingerprint density at radius 3 is 2.16 bits per heavy atom. The van der Waals surface area contributed by atoms with Crippen molar-refractivity contribution in [2.45, 2.75) is 50.5 Å². The highest BCUT2D eigenvalue weighted by Crippen LogP contribution is 2.43. The fourth-order valence-electron chi connectivity index (χ4n) is 5.04. The van der Waals surface area contributed by atoms with Crippen LogP contribution in [0.1, 0.15) is 54.0 Å². The quantitative estimate of drug-likeness (QED) is 0.438. The van der Waals surface area contributed by atoms with Gasteiger partial charge >= 0.3 is 12.4 Å². The highest BCUT2D eigenvalue weighted by molar-refractivity contribution is 5.78. The Morgan fingerprint density at radius 2 is 1.58 bits per heavy atom. The lowest BCUT2D eigenvalue weighted by Crippen LogP contribution is -2.42. The fourth-order valence-corrected chi connectivity index (χ4v) is 5.04. The average molecular weight is 543 g/mol. The number of hydrogen-bond acceptors (Lipinski definition) is 3. The van der Waals surface area contributed by atoms with Crippen molar-refractivity contribution in [2.24, 2.45) is 5.92 Å². The van der Waals surface area contributed by atoms with Crippen LogP contribution in [0.3, 0.4) is 0 Å². The lowest BCUT2D eigenvalue weighted by molar-refractivity contribution is -0.143. The molecule has 1 heterocycles. The first-order valence-electron chi connectivity index (χ1n) is 12.4. The molecule has 2 aromatic rings. The van der Waals surface area contributed by atoms with Gasteiger partial charge in [0.2, 0.25) is 5.91 Å². The molecule has 208 valence electrons. The number of halogens is 6. The third kappa shape index (κ3) is 6.96. The second kappa shape index (κ2) is 11.9. The Morgan fingerprint density at radius 1 is 1.00 bits per heavy atom. The molecule has 4 rings (SSSR count). The summed E-state index contributed by atoms with van der Waals surface area (Å²) in [6.07, 6.45) is -2.85. The van der Waals surface area contributed by atoms with E-state index in [9.17, 15) is 31.1 Å². The Kier molecular flexibility index (Phi) is 9.30. The number of amides is 1. The maximum atomic E-state index is 13.0. The minimum Gasteiger partial charge on any atom is -0.400 e. The van der Waals surface area contributed by atoms with E-state index in [-0.39, 0.29) is 17.0 Å². The van der Waals surface area contributed by atoms with Gasteiger partial charge in [0.05, 0.1) is 11.1 Å². The summed E-state index contributed by atoms with van der Waals surface area (Å²) in [7, 11) is 1.00. The zero-order valence-corrected chi connectivity index (χ0v) is 21.3. The van der Waals surface area contributed by atoms with Crippen LogP contribution in [-0.4, -0.2) is 42.7 Å². The van der Waals surface area contributed by atoms with Crippen LogP contribution in [0.5, 0.6) is 0 Å². The molecule has 0 saturated carbocycles. The van der Waals surface area contributed by atoms with Gasteiger partial charge in [0.25, 0.3) is 0 Å².